The van der Waals surface area contributed by atoms with Gasteiger partial charge in [0, 0.05) is 43.2 Å². The molecule has 2 aromatic heterocycles. The number of hydrogen-bond acceptors (Lipinski definition) is 3. The van der Waals surface area contributed by atoms with E-state index in [-0.39, 0.29) is 17.7 Å². The van der Waals surface area contributed by atoms with Crippen molar-refractivity contribution in [1.29, 1.82) is 0 Å². The number of amides is 2. The highest BCUT2D eigenvalue weighted by molar-refractivity contribution is 6.38. The van der Waals surface area contributed by atoms with Crippen molar-refractivity contribution in [3.05, 3.63) is 58.3 Å². The number of piperidine rings is 1. The molecule has 150 valence electrons. The summed E-state index contributed by atoms with van der Waals surface area (Å²) in [5, 5.41) is 4.67. The number of aromatic nitrogens is 2. The van der Waals surface area contributed by atoms with Crippen LogP contribution in [0.3, 0.4) is 0 Å². The quantitative estimate of drug-likeness (QED) is 0.670. The van der Waals surface area contributed by atoms with Crippen LogP contribution in [0.1, 0.15) is 23.3 Å². The summed E-state index contributed by atoms with van der Waals surface area (Å²) in [5.41, 5.74) is 1.41. The molecule has 0 atom stereocenters. The fraction of sp³-hybridized carbons (Fsp3) is 0.286. The van der Waals surface area contributed by atoms with Crippen molar-refractivity contribution in [3.63, 3.8) is 0 Å². The lowest BCUT2D eigenvalue weighted by Gasteiger charge is -2.31. The zero-order chi connectivity index (χ0) is 20.5. The largest absolute Gasteiger partial charge is 0.338 e. The minimum atomic E-state index is -0.167. The molecule has 1 aliphatic rings. The Morgan fingerprint density at radius 1 is 1.10 bits per heavy atom. The molecule has 8 heteroatoms. The molecule has 1 aliphatic heterocycles. The number of anilines is 1. The molecule has 6 nitrogen and oxygen atoms in total. The van der Waals surface area contributed by atoms with E-state index in [1.54, 1.807) is 17.0 Å². The molecule has 4 rings (SSSR count). The van der Waals surface area contributed by atoms with Crippen LogP contribution in [-0.4, -0.2) is 39.4 Å². The zero-order valence-corrected chi connectivity index (χ0v) is 17.4. The summed E-state index contributed by atoms with van der Waals surface area (Å²) in [6, 6.07) is 11.0. The predicted octanol–water partition coefficient (Wildman–Crippen LogP) is 4.37. The minimum Gasteiger partial charge on any atom is -0.338 e. The molecule has 3 heterocycles. The molecular weight excluding hydrogens is 411 g/mol. The highest BCUT2D eigenvalue weighted by atomic mass is 35.5. The summed E-state index contributed by atoms with van der Waals surface area (Å²) < 4.78 is 1.84. The molecule has 1 fully saturated rings. The number of para-hydroxylation sites is 1. The summed E-state index contributed by atoms with van der Waals surface area (Å²) in [5.74, 6) is 0.112. The van der Waals surface area contributed by atoms with Crippen LogP contribution >= 0.6 is 23.2 Å². The Kier molecular flexibility index (Phi) is 5.48. The number of aryl methyl sites for hydroxylation is 1. The fourth-order valence-electron chi connectivity index (χ4n) is 3.76. The fourth-order valence-corrected chi connectivity index (χ4v) is 4.24. The molecule has 1 aromatic carbocycles. The van der Waals surface area contributed by atoms with E-state index in [2.05, 4.69) is 10.3 Å². The van der Waals surface area contributed by atoms with Crippen molar-refractivity contribution >= 4 is 51.7 Å². The van der Waals surface area contributed by atoms with Crippen molar-refractivity contribution < 1.29 is 9.59 Å². The van der Waals surface area contributed by atoms with E-state index in [9.17, 15) is 9.59 Å². The van der Waals surface area contributed by atoms with Crippen LogP contribution in [0.5, 0.6) is 0 Å². The highest BCUT2D eigenvalue weighted by Gasteiger charge is 2.30. The summed E-state index contributed by atoms with van der Waals surface area (Å²) in [6.45, 7) is 1.01. The smallest absolute Gasteiger partial charge is 0.272 e. The van der Waals surface area contributed by atoms with Crippen molar-refractivity contribution in [2.45, 2.75) is 12.8 Å². The molecule has 3 aromatic rings. The topological polar surface area (TPSA) is 67.2 Å². The van der Waals surface area contributed by atoms with Gasteiger partial charge < -0.3 is 14.8 Å². The Labute approximate surface area is 178 Å². The zero-order valence-electron chi connectivity index (χ0n) is 15.9. The number of rotatable bonds is 3. The first-order valence-electron chi connectivity index (χ1n) is 9.40. The molecule has 2 amide bonds. The lowest BCUT2D eigenvalue weighted by Crippen LogP contribution is -2.42. The minimum absolute atomic E-state index is 0.0884. The van der Waals surface area contributed by atoms with Crippen LogP contribution in [-0.2, 0) is 11.8 Å². The Morgan fingerprint density at radius 2 is 1.83 bits per heavy atom. The SMILES string of the molecule is Cn1c(C(=O)N2CCC(C(=O)Nc3ccc(Cl)cn3)CC2)c(Cl)c2ccccc21. The van der Waals surface area contributed by atoms with E-state index >= 15 is 0 Å². The maximum atomic E-state index is 13.1. The number of likely N-dealkylation sites (tertiary alicyclic amines) is 1. The van der Waals surface area contributed by atoms with Crippen LogP contribution in [0.2, 0.25) is 10.0 Å². The number of halogens is 2. The first-order chi connectivity index (χ1) is 14.0. The molecule has 0 bridgehead atoms. The summed E-state index contributed by atoms with van der Waals surface area (Å²) in [6.07, 6.45) is 2.67. The second-order valence-corrected chi connectivity index (χ2v) is 7.97. The third-order valence-corrected chi connectivity index (χ3v) is 5.99. The van der Waals surface area contributed by atoms with E-state index < -0.39 is 0 Å². The Morgan fingerprint density at radius 3 is 2.48 bits per heavy atom. The lowest BCUT2D eigenvalue weighted by molar-refractivity contribution is -0.121. The van der Waals surface area contributed by atoms with Crippen molar-refractivity contribution in [2.24, 2.45) is 13.0 Å². The van der Waals surface area contributed by atoms with Crippen LogP contribution in [0.15, 0.2) is 42.6 Å². The van der Waals surface area contributed by atoms with Crippen molar-refractivity contribution in [3.8, 4) is 0 Å². The Hall–Kier alpha value is -2.57. The average molecular weight is 431 g/mol. The van der Waals surface area contributed by atoms with Crippen LogP contribution in [0, 0.1) is 5.92 Å². The van der Waals surface area contributed by atoms with Gasteiger partial charge in [-0.15, -0.1) is 0 Å². The number of nitrogens with zero attached hydrogens (tertiary/aromatic N) is 3. The van der Waals surface area contributed by atoms with Crippen molar-refractivity contribution in [1.82, 2.24) is 14.5 Å². The molecule has 1 saturated heterocycles. The normalized spacial score (nSPS) is 14.9. The van der Waals surface area contributed by atoms with Gasteiger partial charge in [-0.1, -0.05) is 41.4 Å². The summed E-state index contributed by atoms with van der Waals surface area (Å²) in [4.78, 5) is 31.5. The number of hydrogen-bond donors (Lipinski definition) is 1. The van der Waals surface area contributed by atoms with Crippen LogP contribution < -0.4 is 5.32 Å². The maximum absolute atomic E-state index is 13.1. The Balaban J connectivity index is 1.42. The van der Waals surface area contributed by atoms with Gasteiger partial charge >= 0.3 is 0 Å². The van der Waals surface area contributed by atoms with E-state index in [0.29, 0.717) is 47.5 Å². The second-order valence-electron chi connectivity index (χ2n) is 7.16. The van der Waals surface area contributed by atoms with Gasteiger partial charge in [-0.3, -0.25) is 9.59 Å². The molecule has 0 spiro atoms. The number of benzene rings is 1. The van der Waals surface area contributed by atoms with E-state index in [1.165, 1.54) is 6.20 Å². The van der Waals surface area contributed by atoms with Gasteiger partial charge in [0.25, 0.3) is 5.91 Å². The first-order valence-corrected chi connectivity index (χ1v) is 10.2. The van der Waals surface area contributed by atoms with Gasteiger partial charge in [-0.05, 0) is 31.0 Å². The maximum Gasteiger partial charge on any atom is 0.272 e. The molecule has 0 unspecified atom stereocenters. The molecule has 0 radical (unpaired) electrons. The second kappa shape index (κ2) is 8.05. The molecule has 29 heavy (non-hydrogen) atoms. The van der Waals surface area contributed by atoms with Gasteiger partial charge in [-0.2, -0.15) is 0 Å². The van der Waals surface area contributed by atoms with Gasteiger partial charge in [0.1, 0.15) is 11.5 Å². The number of nitrogens with one attached hydrogen (secondary N) is 1. The third kappa shape index (κ3) is 3.82. The Bertz CT molecular complexity index is 1030. The molecular formula is C21H20Cl2N4O2. The van der Waals surface area contributed by atoms with Gasteiger partial charge in [0.15, 0.2) is 0 Å². The summed E-state index contributed by atoms with van der Waals surface area (Å²) in [7, 11) is 1.85. The van der Waals surface area contributed by atoms with Crippen molar-refractivity contribution in [2.75, 3.05) is 18.4 Å². The average Bonchev–Trinajstić information content (AvgIpc) is 3.00. The van der Waals surface area contributed by atoms with Gasteiger partial charge in [-0.25, -0.2) is 4.98 Å². The van der Waals surface area contributed by atoms with E-state index in [0.717, 1.165) is 10.9 Å². The van der Waals surface area contributed by atoms with Crippen LogP contribution in [0.25, 0.3) is 10.9 Å². The van der Waals surface area contributed by atoms with E-state index in [4.69, 9.17) is 23.2 Å². The monoisotopic (exact) mass is 430 g/mol. The number of pyridine rings is 1. The molecule has 0 saturated carbocycles. The summed E-state index contributed by atoms with van der Waals surface area (Å²) >= 11 is 12.3. The molecule has 0 aliphatic carbocycles. The number of carbonyl (C=O) groups is 2. The number of fused-ring (bicyclic) bond motifs is 1. The predicted molar refractivity (Wildman–Crippen MR) is 114 cm³/mol. The molecule has 1 N–H and O–H groups in total. The highest BCUT2D eigenvalue weighted by Crippen LogP contribution is 2.31. The van der Waals surface area contributed by atoms with Crippen LogP contribution in [0.4, 0.5) is 5.82 Å². The first kappa shape index (κ1) is 19.7. The lowest BCUT2D eigenvalue weighted by atomic mass is 9.95. The van der Waals surface area contributed by atoms with Gasteiger partial charge in [0.2, 0.25) is 5.91 Å². The van der Waals surface area contributed by atoms with E-state index in [1.807, 2.05) is 35.9 Å². The van der Waals surface area contributed by atoms with Gasteiger partial charge in [0.05, 0.1) is 10.0 Å². The standard InChI is InChI=1S/C21H20Cl2N4O2/c1-26-16-5-3-2-4-15(16)18(23)19(26)21(29)27-10-8-13(9-11-27)20(28)25-17-7-6-14(22)12-24-17/h2-7,12-13H,8-11H2,1H3,(H,24,25,28). The third-order valence-electron chi connectivity index (χ3n) is 5.38. The number of carbonyl (C=O) groups excluding carboxylic acids is 2.